The second-order valence-electron chi connectivity index (χ2n) is 5.09. The van der Waals surface area contributed by atoms with Gasteiger partial charge in [-0.1, -0.05) is 32.0 Å². The Bertz CT molecular complexity index is 628. The SMILES string of the molecule is CC(C)C(NC(=O)c1cccc(Br)n1)c1ccc(F)cc1. The van der Waals surface area contributed by atoms with Gasteiger partial charge in [-0.15, -0.1) is 0 Å². The fraction of sp³-hybridized carbons (Fsp3) is 0.250. The number of nitrogens with one attached hydrogen (secondary N) is 1. The highest BCUT2D eigenvalue weighted by Gasteiger charge is 2.19. The fourth-order valence-corrected chi connectivity index (χ4v) is 2.40. The summed E-state index contributed by atoms with van der Waals surface area (Å²) in [4.78, 5) is 16.4. The molecule has 0 saturated carbocycles. The Morgan fingerprint density at radius 2 is 1.86 bits per heavy atom. The topological polar surface area (TPSA) is 42.0 Å². The summed E-state index contributed by atoms with van der Waals surface area (Å²) in [5.41, 5.74) is 1.21. The van der Waals surface area contributed by atoms with Gasteiger partial charge in [0, 0.05) is 0 Å². The molecule has 1 aromatic heterocycles. The van der Waals surface area contributed by atoms with Crippen LogP contribution in [-0.4, -0.2) is 10.9 Å². The fourth-order valence-electron chi connectivity index (χ4n) is 2.05. The number of halogens is 2. The summed E-state index contributed by atoms with van der Waals surface area (Å²) >= 11 is 3.25. The van der Waals surface area contributed by atoms with Crippen LogP contribution < -0.4 is 5.32 Å². The minimum Gasteiger partial charge on any atom is -0.344 e. The molecule has 0 bridgehead atoms. The molecular formula is C16H16BrFN2O. The van der Waals surface area contributed by atoms with Crippen molar-refractivity contribution in [1.82, 2.24) is 10.3 Å². The van der Waals surface area contributed by atoms with Crippen LogP contribution in [0.1, 0.15) is 35.9 Å². The average Bonchev–Trinajstić information content (AvgIpc) is 2.45. The van der Waals surface area contributed by atoms with Gasteiger partial charge in [0.1, 0.15) is 16.1 Å². The van der Waals surface area contributed by atoms with E-state index in [4.69, 9.17) is 0 Å². The first-order valence-corrected chi connectivity index (χ1v) is 7.45. The number of carbonyl (C=O) groups is 1. The smallest absolute Gasteiger partial charge is 0.270 e. The highest BCUT2D eigenvalue weighted by molar-refractivity contribution is 9.10. The lowest BCUT2D eigenvalue weighted by atomic mass is 9.96. The third-order valence-electron chi connectivity index (χ3n) is 3.13. The molecule has 5 heteroatoms. The van der Waals surface area contributed by atoms with Gasteiger partial charge in [-0.2, -0.15) is 0 Å². The molecule has 0 radical (unpaired) electrons. The highest BCUT2D eigenvalue weighted by atomic mass is 79.9. The van der Waals surface area contributed by atoms with Crippen molar-refractivity contribution in [2.75, 3.05) is 0 Å². The molecule has 21 heavy (non-hydrogen) atoms. The Morgan fingerprint density at radius 1 is 1.19 bits per heavy atom. The van der Waals surface area contributed by atoms with Crippen molar-refractivity contribution in [3.05, 3.63) is 64.1 Å². The minimum absolute atomic E-state index is 0.173. The number of amides is 1. The van der Waals surface area contributed by atoms with Gasteiger partial charge in [-0.05, 0) is 51.7 Å². The molecule has 110 valence electrons. The van der Waals surface area contributed by atoms with E-state index in [2.05, 4.69) is 26.2 Å². The van der Waals surface area contributed by atoms with Gasteiger partial charge < -0.3 is 5.32 Å². The van der Waals surface area contributed by atoms with Gasteiger partial charge in [-0.3, -0.25) is 4.79 Å². The van der Waals surface area contributed by atoms with E-state index in [1.165, 1.54) is 12.1 Å². The van der Waals surface area contributed by atoms with Gasteiger partial charge in [0.15, 0.2) is 0 Å². The van der Waals surface area contributed by atoms with Gasteiger partial charge in [0.2, 0.25) is 0 Å². The third-order valence-corrected chi connectivity index (χ3v) is 3.57. The van der Waals surface area contributed by atoms with Gasteiger partial charge in [0.05, 0.1) is 6.04 Å². The zero-order valence-electron chi connectivity index (χ0n) is 11.8. The van der Waals surface area contributed by atoms with Crippen LogP contribution in [0.3, 0.4) is 0 Å². The summed E-state index contributed by atoms with van der Waals surface area (Å²) in [6.45, 7) is 4.01. The zero-order chi connectivity index (χ0) is 15.4. The van der Waals surface area contributed by atoms with E-state index < -0.39 is 0 Å². The molecule has 3 nitrogen and oxygen atoms in total. The van der Waals surface area contributed by atoms with E-state index in [0.717, 1.165) is 5.56 Å². The highest BCUT2D eigenvalue weighted by Crippen LogP contribution is 2.22. The summed E-state index contributed by atoms with van der Waals surface area (Å²) in [7, 11) is 0. The van der Waals surface area contributed by atoms with Crippen LogP contribution in [0.5, 0.6) is 0 Å². The molecule has 1 amide bonds. The van der Waals surface area contributed by atoms with Crippen LogP contribution in [0.15, 0.2) is 47.1 Å². The molecule has 0 aliphatic carbocycles. The van der Waals surface area contributed by atoms with Crippen molar-refractivity contribution in [3.63, 3.8) is 0 Å². The van der Waals surface area contributed by atoms with Crippen LogP contribution in [0.4, 0.5) is 4.39 Å². The molecule has 1 atom stereocenters. The first-order valence-electron chi connectivity index (χ1n) is 6.66. The summed E-state index contributed by atoms with van der Waals surface area (Å²) in [6.07, 6.45) is 0. The first-order chi connectivity index (χ1) is 9.97. The van der Waals surface area contributed by atoms with E-state index in [-0.39, 0.29) is 23.7 Å². The number of hydrogen-bond acceptors (Lipinski definition) is 2. The van der Waals surface area contributed by atoms with E-state index in [9.17, 15) is 9.18 Å². The number of nitrogens with zero attached hydrogens (tertiary/aromatic N) is 1. The van der Waals surface area contributed by atoms with E-state index >= 15 is 0 Å². The lowest BCUT2D eigenvalue weighted by Gasteiger charge is -2.22. The second kappa shape index (κ2) is 6.80. The molecule has 1 heterocycles. The van der Waals surface area contributed by atoms with E-state index in [0.29, 0.717) is 10.3 Å². The van der Waals surface area contributed by atoms with Crippen LogP contribution >= 0.6 is 15.9 Å². The number of carbonyl (C=O) groups excluding carboxylic acids is 1. The average molecular weight is 351 g/mol. The molecular weight excluding hydrogens is 335 g/mol. The molecule has 2 aromatic rings. The maximum absolute atomic E-state index is 13.0. The van der Waals surface area contributed by atoms with Crippen LogP contribution in [0.2, 0.25) is 0 Å². The molecule has 0 saturated heterocycles. The van der Waals surface area contributed by atoms with Crippen LogP contribution in [-0.2, 0) is 0 Å². The minimum atomic E-state index is -0.291. The van der Waals surface area contributed by atoms with Crippen molar-refractivity contribution in [1.29, 1.82) is 0 Å². The Hall–Kier alpha value is -1.75. The van der Waals surface area contributed by atoms with Crippen molar-refractivity contribution < 1.29 is 9.18 Å². The van der Waals surface area contributed by atoms with Gasteiger partial charge in [-0.25, -0.2) is 9.37 Å². The molecule has 1 N–H and O–H groups in total. The lowest BCUT2D eigenvalue weighted by Crippen LogP contribution is -2.32. The van der Waals surface area contributed by atoms with Crippen molar-refractivity contribution >= 4 is 21.8 Å². The lowest BCUT2D eigenvalue weighted by molar-refractivity contribution is 0.0920. The second-order valence-corrected chi connectivity index (χ2v) is 5.90. The Balaban J connectivity index is 2.20. The third kappa shape index (κ3) is 4.11. The van der Waals surface area contributed by atoms with Gasteiger partial charge in [0.25, 0.3) is 5.91 Å². The molecule has 1 unspecified atom stereocenters. The largest absolute Gasteiger partial charge is 0.344 e. The predicted octanol–water partition coefficient (Wildman–Crippen LogP) is 4.11. The van der Waals surface area contributed by atoms with E-state index in [1.807, 2.05) is 13.8 Å². The van der Waals surface area contributed by atoms with Crippen molar-refractivity contribution in [3.8, 4) is 0 Å². The number of rotatable bonds is 4. The van der Waals surface area contributed by atoms with E-state index in [1.54, 1.807) is 30.3 Å². The Labute approximate surface area is 131 Å². The molecule has 2 rings (SSSR count). The first kappa shape index (κ1) is 15.6. The Kier molecular flexibility index (Phi) is 5.07. The predicted molar refractivity (Wildman–Crippen MR) is 83.4 cm³/mol. The standard InChI is InChI=1S/C16H16BrFN2O/c1-10(2)15(11-6-8-12(18)9-7-11)20-16(21)13-4-3-5-14(17)19-13/h3-10,15H,1-2H3,(H,20,21). The molecule has 0 spiro atoms. The number of aromatic nitrogens is 1. The maximum atomic E-state index is 13.0. The van der Waals surface area contributed by atoms with Gasteiger partial charge >= 0.3 is 0 Å². The summed E-state index contributed by atoms with van der Waals surface area (Å²) in [6, 6.07) is 11.2. The number of hydrogen-bond donors (Lipinski definition) is 1. The monoisotopic (exact) mass is 350 g/mol. The maximum Gasteiger partial charge on any atom is 0.270 e. The molecule has 0 fully saturated rings. The quantitative estimate of drug-likeness (QED) is 0.843. The van der Waals surface area contributed by atoms with Crippen LogP contribution in [0, 0.1) is 11.7 Å². The molecule has 1 aromatic carbocycles. The molecule has 0 aliphatic rings. The zero-order valence-corrected chi connectivity index (χ0v) is 13.4. The summed E-state index contributed by atoms with van der Waals surface area (Å²) in [5.74, 6) is -0.368. The number of benzene rings is 1. The van der Waals surface area contributed by atoms with Crippen molar-refractivity contribution in [2.45, 2.75) is 19.9 Å². The summed E-state index contributed by atoms with van der Waals surface area (Å²) in [5, 5.41) is 2.95. The van der Waals surface area contributed by atoms with Crippen molar-refractivity contribution in [2.24, 2.45) is 5.92 Å². The number of pyridine rings is 1. The van der Waals surface area contributed by atoms with Crippen LogP contribution in [0.25, 0.3) is 0 Å². The Morgan fingerprint density at radius 3 is 2.43 bits per heavy atom. The normalized spacial score (nSPS) is 12.2. The molecule has 0 aliphatic heterocycles. The summed E-state index contributed by atoms with van der Waals surface area (Å²) < 4.78 is 13.6.